The molecule has 0 unspecified atom stereocenters. The van der Waals surface area contributed by atoms with Crippen LogP contribution in [0.15, 0.2) is 48.5 Å². The van der Waals surface area contributed by atoms with E-state index in [-0.39, 0.29) is 0 Å². The average molecular weight is 267 g/mol. The van der Waals surface area contributed by atoms with Gasteiger partial charge in [-0.2, -0.15) is 0 Å². The van der Waals surface area contributed by atoms with Crippen LogP contribution in [0.25, 0.3) is 0 Å². The van der Waals surface area contributed by atoms with Gasteiger partial charge in [0, 0.05) is 36.7 Å². The van der Waals surface area contributed by atoms with Crippen LogP contribution in [0.4, 0.5) is 17.1 Å². The molecule has 1 heterocycles. The molecule has 1 aliphatic heterocycles. The zero-order valence-corrected chi connectivity index (χ0v) is 11.7. The fraction of sp³-hybridized carbons (Fsp3) is 0.294. The fourth-order valence-corrected chi connectivity index (χ4v) is 2.67. The standard InChI is InChI=1S/C17H21N3/c18-15-5-3-4-14(12-15)13-19-16-6-8-17(9-7-16)20-10-1-2-11-20/h3-9,12,19H,1-2,10-11,13,18H2. The molecule has 3 N–H and O–H groups in total. The molecular formula is C17H21N3. The molecule has 3 nitrogen and oxygen atoms in total. The lowest BCUT2D eigenvalue weighted by molar-refractivity contribution is 0.949. The predicted octanol–water partition coefficient (Wildman–Crippen LogP) is 3.48. The van der Waals surface area contributed by atoms with E-state index in [0.29, 0.717) is 0 Å². The minimum Gasteiger partial charge on any atom is -0.399 e. The Kier molecular flexibility index (Phi) is 3.77. The largest absolute Gasteiger partial charge is 0.399 e. The van der Waals surface area contributed by atoms with Crippen LogP contribution in [0.2, 0.25) is 0 Å². The van der Waals surface area contributed by atoms with Crippen molar-refractivity contribution in [3.05, 3.63) is 54.1 Å². The van der Waals surface area contributed by atoms with Gasteiger partial charge >= 0.3 is 0 Å². The van der Waals surface area contributed by atoms with Crippen LogP contribution < -0.4 is 16.0 Å². The molecule has 1 fully saturated rings. The summed E-state index contributed by atoms with van der Waals surface area (Å²) in [5.41, 5.74) is 10.3. The number of nitrogens with one attached hydrogen (secondary N) is 1. The van der Waals surface area contributed by atoms with Crippen LogP contribution in [0.3, 0.4) is 0 Å². The van der Waals surface area contributed by atoms with Crippen molar-refractivity contribution in [1.29, 1.82) is 0 Å². The summed E-state index contributed by atoms with van der Waals surface area (Å²) in [5, 5.41) is 3.43. The van der Waals surface area contributed by atoms with Crippen LogP contribution in [0, 0.1) is 0 Å². The second-order valence-corrected chi connectivity index (χ2v) is 5.34. The minimum absolute atomic E-state index is 0.800. The van der Waals surface area contributed by atoms with Gasteiger partial charge in [-0.3, -0.25) is 0 Å². The molecule has 2 aromatic carbocycles. The topological polar surface area (TPSA) is 41.3 Å². The summed E-state index contributed by atoms with van der Waals surface area (Å²) in [6, 6.07) is 16.7. The third-order valence-corrected chi connectivity index (χ3v) is 3.79. The maximum Gasteiger partial charge on any atom is 0.0401 e. The summed E-state index contributed by atoms with van der Waals surface area (Å²) in [5.74, 6) is 0. The Bertz CT molecular complexity index is 557. The van der Waals surface area contributed by atoms with E-state index in [1.165, 1.54) is 37.2 Å². The van der Waals surface area contributed by atoms with Gasteiger partial charge in [-0.05, 0) is 54.8 Å². The third-order valence-electron chi connectivity index (χ3n) is 3.79. The molecule has 0 aliphatic carbocycles. The third kappa shape index (κ3) is 3.05. The summed E-state index contributed by atoms with van der Waals surface area (Å²) in [4.78, 5) is 2.45. The molecule has 1 saturated heterocycles. The first-order chi connectivity index (χ1) is 9.81. The first-order valence-electron chi connectivity index (χ1n) is 7.24. The second kappa shape index (κ2) is 5.87. The van der Waals surface area contributed by atoms with Gasteiger partial charge in [0.1, 0.15) is 0 Å². The van der Waals surface area contributed by atoms with Gasteiger partial charge in [-0.15, -0.1) is 0 Å². The Morgan fingerprint density at radius 3 is 2.45 bits per heavy atom. The Hall–Kier alpha value is -2.16. The second-order valence-electron chi connectivity index (χ2n) is 5.34. The van der Waals surface area contributed by atoms with E-state index < -0.39 is 0 Å². The van der Waals surface area contributed by atoms with Crippen molar-refractivity contribution in [3.8, 4) is 0 Å². The van der Waals surface area contributed by atoms with E-state index in [1.807, 2.05) is 18.2 Å². The van der Waals surface area contributed by atoms with E-state index in [2.05, 4.69) is 40.5 Å². The normalized spacial score (nSPS) is 14.5. The number of benzene rings is 2. The van der Waals surface area contributed by atoms with Gasteiger partial charge in [0.2, 0.25) is 0 Å². The van der Waals surface area contributed by atoms with Crippen LogP contribution in [-0.2, 0) is 6.54 Å². The van der Waals surface area contributed by atoms with Crippen molar-refractivity contribution in [1.82, 2.24) is 0 Å². The number of rotatable bonds is 4. The molecule has 0 amide bonds. The fourth-order valence-electron chi connectivity index (χ4n) is 2.67. The van der Waals surface area contributed by atoms with E-state index in [1.54, 1.807) is 0 Å². The molecule has 0 aromatic heterocycles. The van der Waals surface area contributed by atoms with Gasteiger partial charge < -0.3 is 16.0 Å². The lowest BCUT2D eigenvalue weighted by Gasteiger charge is -2.18. The quantitative estimate of drug-likeness (QED) is 0.833. The molecule has 0 spiro atoms. The SMILES string of the molecule is Nc1cccc(CNc2ccc(N3CCCC3)cc2)c1. The highest BCUT2D eigenvalue weighted by Crippen LogP contribution is 2.22. The highest BCUT2D eigenvalue weighted by molar-refractivity contribution is 5.55. The zero-order valence-electron chi connectivity index (χ0n) is 11.7. The molecule has 1 aliphatic rings. The molecular weight excluding hydrogens is 246 g/mol. The van der Waals surface area contributed by atoms with Crippen LogP contribution in [0.1, 0.15) is 18.4 Å². The van der Waals surface area contributed by atoms with E-state index in [9.17, 15) is 0 Å². The molecule has 3 rings (SSSR count). The lowest BCUT2D eigenvalue weighted by atomic mass is 10.2. The Labute approximate surface area is 120 Å². The number of nitrogens with two attached hydrogens (primary N) is 1. The molecule has 0 bridgehead atoms. The molecule has 104 valence electrons. The smallest absolute Gasteiger partial charge is 0.0401 e. The first kappa shape index (κ1) is 12.9. The number of anilines is 3. The summed E-state index contributed by atoms with van der Waals surface area (Å²) < 4.78 is 0. The Balaban J connectivity index is 1.60. The Morgan fingerprint density at radius 1 is 1.00 bits per heavy atom. The summed E-state index contributed by atoms with van der Waals surface area (Å²) >= 11 is 0. The number of nitrogen functional groups attached to an aromatic ring is 1. The molecule has 0 atom stereocenters. The van der Waals surface area contributed by atoms with E-state index >= 15 is 0 Å². The van der Waals surface area contributed by atoms with Crippen molar-refractivity contribution < 1.29 is 0 Å². The zero-order chi connectivity index (χ0) is 13.8. The molecule has 2 aromatic rings. The highest BCUT2D eigenvalue weighted by atomic mass is 15.1. The van der Waals surface area contributed by atoms with Crippen LogP contribution in [0.5, 0.6) is 0 Å². The maximum atomic E-state index is 5.78. The van der Waals surface area contributed by atoms with E-state index in [0.717, 1.165) is 17.9 Å². The van der Waals surface area contributed by atoms with E-state index in [4.69, 9.17) is 5.73 Å². The first-order valence-corrected chi connectivity index (χ1v) is 7.24. The highest BCUT2D eigenvalue weighted by Gasteiger charge is 2.11. The summed E-state index contributed by atoms with van der Waals surface area (Å²) in [7, 11) is 0. The van der Waals surface area contributed by atoms with Crippen molar-refractivity contribution in [2.45, 2.75) is 19.4 Å². The average Bonchev–Trinajstić information content (AvgIpc) is 3.00. The number of hydrogen-bond acceptors (Lipinski definition) is 3. The predicted molar refractivity (Wildman–Crippen MR) is 86.1 cm³/mol. The molecule has 0 radical (unpaired) electrons. The van der Waals surface area contributed by atoms with Crippen molar-refractivity contribution in [2.24, 2.45) is 0 Å². The monoisotopic (exact) mass is 267 g/mol. The molecule has 0 saturated carbocycles. The maximum absolute atomic E-state index is 5.78. The van der Waals surface area contributed by atoms with Crippen LogP contribution >= 0.6 is 0 Å². The van der Waals surface area contributed by atoms with Gasteiger partial charge in [0.15, 0.2) is 0 Å². The summed E-state index contributed by atoms with van der Waals surface area (Å²) in [6.45, 7) is 3.18. The van der Waals surface area contributed by atoms with Crippen molar-refractivity contribution in [2.75, 3.05) is 29.0 Å². The Morgan fingerprint density at radius 2 is 1.75 bits per heavy atom. The number of nitrogens with zero attached hydrogens (tertiary/aromatic N) is 1. The summed E-state index contributed by atoms with van der Waals surface area (Å²) in [6.07, 6.45) is 2.63. The van der Waals surface area contributed by atoms with Crippen LogP contribution in [-0.4, -0.2) is 13.1 Å². The van der Waals surface area contributed by atoms with Crippen molar-refractivity contribution >= 4 is 17.1 Å². The lowest BCUT2D eigenvalue weighted by Crippen LogP contribution is -2.17. The number of hydrogen-bond donors (Lipinski definition) is 2. The van der Waals surface area contributed by atoms with Gasteiger partial charge in [-0.1, -0.05) is 12.1 Å². The van der Waals surface area contributed by atoms with Gasteiger partial charge in [0.05, 0.1) is 0 Å². The van der Waals surface area contributed by atoms with Gasteiger partial charge in [0.25, 0.3) is 0 Å². The van der Waals surface area contributed by atoms with Gasteiger partial charge in [-0.25, -0.2) is 0 Å². The minimum atomic E-state index is 0.800. The molecule has 3 heteroatoms. The van der Waals surface area contributed by atoms with Crippen molar-refractivity contribution in [3.63, 3.8) is 0 Å². The molecule has 20 heavy (non-hydrogen) atoms.